The van der Waals surface area contributed by atoms with E-state index in [1.165, 1.54) is 24.3 Å². The van der Waals surface area contributed by atoms with Crippen molar-refractivity contribution in [3.8, 4) is 33.8 Å². The fraction of sp³-hybridized carbons (Fsp3) is 0. The minimum Gasteiger partial charge on any atom is -0.422 e. The first-order valence-electron chi connectivity index (χ1n) is 12.2. The SMILES string of the molecule is O=C(Oc1ccc2cc(-c3ccccc3)c(=O)oc2c1)C(=O)Oc1ccc2cc(-c3ccccc3)c(=O)oc2c1. The van der Waals surface area contributed by atoms with Crippen molar-refractivity contribution in [2.24, 2.45) is 0 Å². The zero-order chi connectivity index (χ0) is 27.6. The molecule has 8 heteroatoms. The molecule has 194 valence electrons. The number of esters is 2. The van der Waals surface area contributed by atoms with Crippen LogP contribution in [0.1, 0.15) is 0 Å². The van der Waals surface area contributed by atoms with Crippen LogP contribution in [0, 0.1) is 0 Å². The lowest BCUT2D eigenvalue weighted by Crippen LogP contribution is -2.25. The van der Waals surface area contributed by atoms with Gasteiger partial charge in [-0.2, -0.15) is 0 Å². The Morgan fingerprint density at radius 3 is 1.30 bits per heavy atom. The van der Waals surface area contributed by atoms with Crippen molar-refractivity contribution in [2.45, 2.75) is 0 Å². The fourth-order valence-corrected chi connectivity index (χ4v) is 4.25. The van der Waals surface area contributed by atoms with Gasteiger partial charge >= 0.3 is 23.2 Å². The highest BCUT2D eigenvalue weighted by Crippen LogP contribution is 2.26. The largest absolute Gasteiger partial charge is 0.423 e. The second-order valence-electron chi connectivity index (χ2n) is 8.81. The molecule has 0 saturated heterocycles. The quantitative estimate of drug-likeness (QED) is 0.123. The summed E-state index contributed by atoms with van der Waals surface area (Å²) in [5.74, 6) is -2.60. The molecule has 40 heavy (non-hydrogen) atoms. The summed E-state index contributed by atoms with van der Waals surface area (Å²) in [7, 11) is 0. The van der Waals surface area contributed by atoms with Crippen LogP contribution >= 0.6 is 0 Å². The van der Waals surface area contributed by atoms with E-state index in [1.807, 2.05) is 36.4 Å². The van der Waals surface area contributed by atoms with Gasteiger partial charge in [0, 0.05) is 22.9 Å². The van der Waals surface area contributed by atoms with E-state index in [1.54, 1.807) is 48.5 Å². The van der Waals surface area contributed by atoms with Crippen LogP contribution in [0.5, 0.6) is 11.5 Å². The van der Waals surface area contributed by atoms with E-state index in [-0.39, 0.29) is 22.7 Å². The van der Waals surface area contributed by atoms with Gasteiger partial charge in [-0.05, 0) is 47.5 Å². The van der Waals surface area contributed by atoms with E-state index >= 15 is 0 Å². The van der Waals surface area contributed by atoms with Crippen molar-refractivity contribution in [3.05, 3.63) is 130 Å². The molecular weight excluding hydrogens is 512 g/mol. The maximum atomic E-state index is 12.5. The number of hydrogen-bond donors (Lipinski definition) is 0. The molecule has 0 unspecified atom stereocenters. The number of ether oxygens (including phenoxy) is 2. The first kappa shape index (κ1) is 24.6. The molecule has 0 bridgehead atoms. The Morgan fingerprint density at radius 1 is 0.500 bits per heavy atom. The average molecular weight is 530 g/mol. The number of fused-ring (bicyclic) bond motifs is 2. The lowest BCUT2D eigenvalue weighted by molar-refractivity contribution is -0.156. The number of carbonyl (C=O) groups is 2. The molecule has 6 aromatic rings. The van der Waals surface area contributed by atoms with Crippen molar-refractivity contribution in [2.75, 3.05) is 0 Å². The van der Waals surface area contributed by atoms with Gasteiger partial charge in [0.05, 0.1) is 11.1 Å². The lowest BCUT2D eigenvalue weighted by Gasteiger charge is -2.07. The summed E-state index contributed by atoms with van der Waals surface area (Å²) >= 11 is 0. The predicted molar refractivity (Wildman–Crippen MR) is 147 cm³/mol. The van der Waals surface area contributed by atoms with E-state index in [0.29, 0.717) is 33.0 Å². The van der Waals surface area contributed by atoms with E-state index in [2.05, 4.69) is 0 Å². The maximum Gasteiger partial charge on any atom is 0.423 e. The van der Waals surface area contributed by atoms with Gasteiger partial charge in [-0.1, -0.05) is 60.7 Å². The smallest absolute Gasteiger partial charge is 0.422 e. The molecule has 8 nitrogen and oxygen atoms in total. The van der Waals surface area contributed by atoms with Gasteiger partial charge in [0.15, 0.2) is 0 Å². The normalized spacial score (nSPS) is 10.9. The van der Waals surface area contributed by atoms with Crippen LogP contribution in [-0.2, 0) is 9.59 Å². The van der Waals surface area contributed by atoms with Crippen LogP contribution < -0.4 is 20.7 Å². The minimum absolute atomic E-state index is 0.0111. The predicted octanol–water partition coefficient (Wildman–Crippen LogP) is 5.74. The molecule has 4 aromatic carbocycles. The van der Waals surface area contributed by atoms with Crippen LogP contribution in [0.2, 0.25) is 0 Å². The van der Waals surface area contributed by atoms with Gasteiger partial charge in [0.25, 0.3) is 0 Å². The van der Waals surface area contributed by atoms with E-state index < -0.39 is 23.2 Å². The molecule has 0 aliphatic carbocycles. The monoisotopic (exact) mass is 530 g/mol. The van der Waals surface area contributed by atoms with Gasteiger partial charge in [0.1, 0.15) is 22.7 Å². The highest BCUT2D eigenvalue weighted by molar-refractivity contribution is 6.31. The second kappa shape index (κ2) is 10.2. The first-order valence-corrected chi connectivity index (χ1v) is 12.2. The van der Waals surface area contributed by atoms with Crippen molar-refractivity contribution >= 4 is 33.9 Å². The lowest BCUT2D eigenvalue weighted by atomic mass is 10.1. The molecule has 0 saturated carbocycles. The number of rotatable bonds is 4. The van der Waals surface area contributed by atoms with Crippen LogP contribution in [0.3, 0.4) is 0 Å². The topological polar surface area (TPSA) is 113 Å². The summed E-state index contributed by atoms with van der Waals surface area (Å²) in [5, 5.41) is 1.21. The van der Waals surface area contributed by atoms with Crippen LogP contribution in [0.15, 0.2) is 128 Å². The van der Waals surface area contributed by atoms with E-state index in [0.717, 1.165) is 0 Å². The van der Waals surface area contributed by atoms with Gasteiger partial charge in [0.2, 0.25) is 0 Å². The minimum atomic E-state index is -1.29. The first-order chi connectivity index (χ1) is 19.4. The molecule has 0 aliphatic rings. The zero-order valence-electron chi connectivity index (χ0n) is 20.7. The second-order valence-corrected chi connectivity index (χ2v) is 8.81. The maximum absolute atomic E-state index is 12.5. The molecule has 0 N–H and O–H groups in total. The van der Waals surface area contributed by atoms with Crippen LogP contribution in [-0.4, -0.2) is 11.9 Å². The number of benzene rings is 4. The zero-order valence-corrected chi connectivity index (χ0v) is 20.7. The van der Waals surface area contributed by atoms with Crippen molar-refractivity contribution in [1.82, 2.24) is 0 Å². The van der Waals surface area contributed by atoms with Crippen LogP contribution in [0.25, 0.3) is 44.2 Å². The Balaban J connectivity index is 1.18. The molecule has 6 rings (SSSR count). The third-order valence-corrected chi connectivity index (χ3v) is 6.17. The average Bonchev–Trinajstić information content (AvgIpc) is 2.97. The molecule has 2 heterocycles. The summed E-state index contributed by atoms with van der Waals surface area (Å²) in [4.78, 5) is 49.8. The molecule has 0 amide bonds. The summed E-state index contributed by atoms with van der Waals surface area (Å²) in [5.41, 5.74) is 1.46. The fourth-order valence-electron chi connectivity index (χ4n) is 4.25. The Labute approximate surface area is 225 Å². The Hall–Kier alpha value is -5.76. The standard InChI is InChI=1S/C32H18O8/c33-29-25(19-7-3-1-4-8-19)15-21-11-13-23(17-27(21)39-29)37-31(35)32(36)38-24-14-12-22-16-26(20-9-5-2-6-10-20)30(34)40-28(22)18-24/h1-18H. The Morgan fingerprint density at radius 2 is 0.900 bits per heavy atom. The highest BCUT2D eigenvalue weighted by atomic mass is 16.6. The number of hydrogen-bond acceptors (Lipinski definition) is 8. The van der Waals surface area contributed by atoms with Gasteiger partial charge in [-0.15, -0.1) is 0 Å². The van der Waals surface area contributed by atoms with Gasteiger partial charge < -0.3 is 18.3 Å². The molecule has 0 aliphatic heterocycles. The van der Waals surface area contributed by atoms with Crippen molar-refractivity contribution in [3.63, 3.8) is 0 Å². The van der Waals surface area contributed by atoms with E-state index in [9.17, 15) is 19.2 Å². The van der Waals surface area contributed by atoms with Crippen molar-refractivity contribution < 1.29 is 27.9 Å². The summed E-state index contributed by atoms with van der Waals surface area (Å²) in [6.45, 7) is 0. The van der Waals surface area contributed by atoms with Gasteiger partial charge in [-0.25, -0.2) is 19.2 Å². The summed E-state index contributed by atoms with van der Waals surface area (Å²) in [6.07, 6.45) is 0. The molecule has 2 aromatic heterocycles. The summed E-state index contributed by atoms with van der Waals surface area (Å²) < 4.78 is 21.1. The Bertz CT molecular complexity index is 1870. The third kappa shape index (κ3) is 4.89. The highest BCUT2D eigenvalue weighted by Gasteiger charge is 2.21. The van der Waals surface area contributed by atoms with Gasteiger partial charge in [-0.3, -0.25) is 0 Å². The Kier molecular flexibility index (Phi) is 6.26. The van der Waals surface area contributed by atoms with Crippen molar-refractivity contribution in [1.29, 1.82) is 0 Å². The molecule has 0 fully saturated rings. The van der Waals surface area contributed by atoms with E-state index in [4.69, 9.17) is 18.3 Å². The third-order valence-electron chi connectivity index (χ3n) is 6.17. The number of carbonyl (C=O) groups excluding carboxylic acids is 2. The summed E-state index contributed by atoms with van der Waals surface area (Å²) in [6, 6.07) is 30.3. The van der Waals surface area contributed by atoms with Crippen LogP contribution in [0.4, 0.5) is 0 Å². The molecule has 0 atom stereocenters. The molecular formula is C32H18O8. The molecule has 0 spiro atoms. The molecule has 0 radical (unpaired) electrons.